The van der Waals surface area contributed by atoms with Gasteiger partial charge in [0.1, 0.15) is 13.2 Å². The van der Waals surface area contributed by atoms with E-state index in [0.29, 0.717) is 19.3 Å². The Balaban J connectivity index is 3.90. The summed E-state index contributed by atoms with van der Waals surface area (Å²) in [4.78, 5) is 38.0. The van der Waals surface area contributed by atoms with E-state index in [1.54, 1.807) is 0 Å². The third-order valence-corrected chi connectivity index (χ3v) is 15.8. The number of carbonyl (C=O) groups excluding carboxylic acids is 3. The Morgan fingerprint density at radius 1 is 0.266 bits per heavy atom. The smallest absolute Gasteiger partial charge is 0.306 e. The molecule has 0 aliphatic heterocycles. The van der Waals surface area contributed by atoms with E-state index in [2.05, 4.69) is 69.4 Å². The van der Waals surface area contributed by atoms with Crippen molar-refractivity contribution in [1.82, 2.24) is 0 Å². The minimum Gasteiger partial charge on any atom is -0.462 e. The molecule has 0 spiro atoms. The van der Waals surface area contributed by atoms with Crippen LogP contribution in [-0.2, 0) is 28.6 Å². The molecule has 0 rings (SSSR count). The molecule has 0 aromatic heterocycles. The van der Waals surface area contributed by atoms with Crippen molar-refractivity contribution in [1.29, 1.82) is 0 Å². The molecule has 0 aromatic carbocycles. The first kappa shape index (κ1) is 76.4. The van der Waals surface area contributed by atoms with Gasteiger partial charge in [-0.25, -0.2) is 0 Å². The highest BCUT2D eigenvalue weighted by Crippen LogP contribution is 2.19. The molecule has 0 N–H and O–H groups in total. The highest BCUT2D eigenvalue weighted by Gasteiger charge is 2.19. The van der Waals surface area contributed by atoms with Crippen LogP contribution >= 0.6 is 0 Å². The predicted molar refractivity (Wildman–Crippen MR) is 344 cm³/mol. The van der Waals surface area contributed by atoms with Crippen LogP contribution in [-0.4, -0.2) is 37.2 Å². The first-order valence-electron chi connectivity index (χ1n) is 35.1. The molecule has 0 aliphatic rings. The SMILES string of the molecule is CC/C=C\C/C=C\C/C=C\C/C=C\CCCCCCCCCCCCCCCCCCCCCCC(=O)OCC(COC(=O)CCCCCCC)OC(=O)CCCCCCCCCCCCCCCCCCCCCCCCC. The van der Waals surface area contributed by atoms with Gasteiger partial charge in [0.2, 0.25) is 0 Å². The minimum atomic E-state index is -0.765. The normalized spacial score (nSPS) is 12.3. The van der Waals surface area contributed by atoms with E-state index in [-0.39, 0.29) is 31.1 Å². The lowest BCUT2D eigenvalue weighted by Gasteiger charge is -2.18. The molecular weight excluding hydrogens is 973 g/mol. The van der Waals surface area contributed by atoms with Crippen molar-refractivity contribution in [2.24, 2.45) is 0 Å². The summed E-state index contributed by atoms with van der Waals surface area (Å²) in [6.07, 6.45) is 86.4. The van der Waals surface area contributed by atoms with E-state index in [9.17, 15) is 14.4 Å². The highest BCUT2D eigenvalue weighted by atomic mass is 16.6. The van der Waals surface area contributed by atoms with Crippen LogP contribution in [0.3, 0.4) is 0 Å². The average Bonchev–Trinajstić information content (AvgIpc) is 3.45. The molecule has 0 aliphatic carbocycles. The summed E-state index contributed by atoms with van der Waals surface area (Å²) in [5.74, 6) is -0.854. The largest absolute Gasteiger partial charge is 0.462 e. The maximum absolute atomic E-state index is 12.8. The van der Waals surface area contributed by atoms with Gasteiger partial charge in [-0.2, -0.15) is 0 Å². The molecule has 6 heteroatoms. The van der Waals surface area contributed by atoms with Crippen LogP contribution < -0.4 is 0 Å². The molecule has 6 nitrogen and oxygen atoms in total. The van der Waals surface area contributed by atoms with Crippen molar-refractivity contribution in [2.45, 2.75) is 386 Å². The topological polar surface area (TPSA) is 78.9 Å². The van der Waals surface area contributed by atoms with Gasteiger partial charge >= 0.3 is 17.9 Å². The van der Waals surface area contributed by atoms with E-state index in [1.807, 2.05) is 0 Å². The lowest BCUT2D eigenvalue weighted by atomic mass is 10.0. The second kappa shape index (κ2) is 67.9. The van der Waals surface area contributed by atoms with Gasteiger partial charge in [0.15, 0.2) is 6.10 Å². The number of rotatable bonds is 65. The zero-order valence-electron chi connectivity index (χ0n) is 53.2. The second-order valence-corrected chi connectivity index (χ2v) is 23.8. The minimum absolute atomic E-state index is 0.0664. The van der Waals surface area contributed by atoms with Crippen molar-refractivity contribution in [3.8, 4) is 0 Å². The van der Waals surface area contributed by atoms with Crippen LogP contribution in [0.25, 0.3) is 0 Å². The van der Waals surface area contributed by atoms with Crippen LogP contribution in [0.4, 0.5) is 0 Å². The van der Waals surface area contributed by atoms with Gasteiger partial charge < -0.3 is 14.2 Å². The first-order chi connectivity index (χ1) is 39.0. The summed E-state index contributed by atoms with van der Waals surface area (Å²) < 4.78 is 16.8. The van der Waals surface area contributed by atoms with E-state index < -0.39 is 6.10 Å². The zero-order valence-corrected chi connectivity index (χ0v) is 53.2. The molecule has 462 valence electrons. The predicted octanol–water partition coefficient (Wildman–Crippen LogP) is 24.1. The quantitative estimate of drug-likeness (QED) is 0.0261. The van der Waals surface area contributed by atoms with Crippen LogP contribution in [0.5, 0.6) is 0 Å². The molecule has 0 aromatic rings. The van der Waals surface area contributed by atoms with Crippen LogP contribution in [0.1, 0.15) is 380 Å². The molecular formula is C73H134O6. The molecule has 0 radical (unpaired) electrons. The molecule has 0 bridgehead atoms. The van der Waals surface area contributed by atoms with E-state index in [1.165, 1.54) is 250 Å². The van der Waals surface area contributed by atoms with Gasteiger partial charge in [-0.05, 0) is 57.8 Å². The number of hydrogen-bond acceptors (Lipinski definition) is 6. The van der Waals surface area contributed by atoms with Gasteiger partial charge in [0, 0.05) is 19.3 Å². The molecule has 0 heterocycles. The van der Waals surface area contributed by atoms with E-state index in [0.717, 1.165) is 89.9 Å². The molecule has 0 amide bonds. The van der Waals surface area contributed by atoms with Crippen LogP contribution in [0.2, 0.25) is 0 Å². The van der Waals surface area contributed by atoms with Gasteiger partial charge in [0.05, 0.1) is 0 Å². The Morgan fingerprint density at radius 2 is 0.494 bits per heavy atom. The standard InChI is InChI=1S/C73H134O6/c1-4-7-10-13-15-17-19-21-23-25-27-29-31-32-33-34-35-36-37-38-39-40-42-43-45-47-49-51-53-55-57-60-63-66-72(75)78-69-70(68-77-71(74)65-62-59-12-9-6-3)79-73(76)67-64-61-58-56-54-52-50-48-46-44-41-30-28-26-24-22-20-18-16-14-11-8-5-2/h7,10,15,17,21,23,27,29,70H,4-6,8-9,11-14,16,18-20,22,24-26,28,30-69H2,1-3H3/b10-7-,17-15-,23-21-,29-27-. The molecule has 1 atom stereocenters. The Hall–Kier alpha value is -2.63. The van der Waals surface area contributed by atoms with Gasteiger partial charge in [0.25, 0.3) is 0 Å². The third kappa shape index (κ3) is 66.1. The van der Waals surface area contributed by atoms with Gasteiger partial charge in [-0.1, -0.05) is 352 Å². The summed E-state index contributed by atoms with van der Waals surface area (Å²) in [5.41, 5.74) is 0. The van der Waals surface area contributed by atoms with E-state index in [4.69, 9.17) is 14.2 Å². The fraction of sp³-hybridized carbons (Fsp3) is 0.849. The summed E-state index contributed by atoms with van der Waals surface area (Å²) in [7, 11) is 0. The van der Waals surface area contributed by atoms with Crippen molar-refractivity contribution in [3.05, 3.63) is 48.6 Å². The first-order valence-corrected chi connectivity index (χ1v) is 35.1. The lowest BCUT2D eigenvalue weighted by Crippen LogP contribution is -2.30. The maximum atomic E-state index is 12.8. The Morgan fingerprint density at radius 3 is 0.772 bits per heavy atom. The number of carbonyl (C=O) groups is 3. The van der Waals surface area contributed by atoms with Crippen molar-refractivity contribution >= 4 is 17.9 Å². The summed E-state index contributed by atoms with van der Waals surface area (Å²) >= 11 is 0. The second-order valence-electron chi connectivity index (χ2n) is 23.8. The molecule has 0 saturated carbocycles. The highest BCUT2D eigenvalue weighted by molar-refractivity contribution is 5.71. The van der Waals surface area contributed by atoms with Gasteiger partial charge in [-0.15, -0.1) is 0 Å². The fourth-order valence-electron chi connectivity index (χ4n) is 10.6. The molecule has 1 unspecified atom stereocenters. The third-order valence-electron chi connectivity index (χ3n) is 15.8. The number of hydrogen-bond donors (Lipinski definition) is 0. The lowest BCUT2D eigenvalue weighted by molar-refractivity contribution is -0.167. The van der Waals surface area contributed by atoms with Gasteiger partial charge in [-0.3, -0.25) is 14.4 Å². The van der Waals surface area contributed by atoms with Crippen molar-refractivity contribution < 1.29 is 28.6 Å². The van der Waals surface area contributed by atoms with Crippen LogP contribution in [0, 0.1) is 0 Å². The molecule has 0 fully saturated rings. The van der Waals surface area contributed by atoms with Crippen molar-refractivity contribution in [2.75, 3.05) is 13.2 Å². The maximum Gasteiger partial charge on any atom is 0.306 e. The monoisotopic (exact) mass is 1110 g/mol. The number of allylic oxidation sites excluding steroid dienone is 8. The molecule has 0 saturated heterocycles. The number of unbranched alkanes of at least 4 members (excludes halogenated alkanes) is 46. The van der Waals surface area contributed by atoms with Crippen LogP contribution in [0.15, 0.2) is 48.6 Å². The average molecular weight is 1110 g/mol. The number of esters is 3. The van der Waals surface area contributed by atoms with E-state index >= 15 is 0 Å². The fourth-order valence-corrected chi connectivity index (χ4v) is 10.6. The number of ether oxygens (including phenoxy) is 3. The summed E-state index contributed by atoms with van der Waals surface area (Å²) in [6.45, 7) is 6.51. The zero-order chi connectivity index (χ0) is 57.1. The molecule has 79 heavy (non-hydrogen) atoms. The Bertz CT molecular complexity index is 1360. The van der Waals surface area contributed by atoms with Crippen molar-refractivity contribution in [3.63, 3.8) is 0 Å². The Labute approximate surface area is 492 Å². The summed E-state index contributed by atoms with van der Waals surface area (Å²) in [5, 5.41) is 0. The summed E-state index contributed by atoms with van der Waals surface area (Å²) in [6, 6.07) is 0. The Kier molecular flexibility index (Phi) is 65.6.